The van der Waals surface area contributed by atoms with Crippen LogP contribution in [0.3, 0.4) is 0 Å². The minimum absolute atomic E-state index is 0.187. The Morgan fingerprint density at radius 3 is 2.10 bits per heavy atom. The summed E-state index contributed by atoms with van der Waals surface area (Å²) in [4.78, 5) is 10.9. The van der Waals surface area contributed by atoms with E-state index in [0.717, 1.165) is 5.56 Å². The van der Waals surface area contributed by atoms with Gasteiger partial charge in [-0.2, -0.15) is 0 Å². The number of benzene rings is 1. The van der Waals surface area contributed by atoms with E-state index < -0.39 is 5.24 Å². The lowest BCUT2D eigenvalue weighted by Gasteiger charge is -2.42. The SMILES string of the molecule is Cc1cc2c(cc1C=CC(=O)Cl)C(C)(C)CCC2(C)C. The average Bonchev–Trinajstić information content (AvgIpc) is 2.33. The second kappa shape index (κ2) is 5.04. The number of allylic oxidation sites excluding steroid dienone is 1. The molecule has 0 N–H and O–H groups in total. The molecule has 0 radical (unpaired) electrons. The summed E-state index contributed by atoms with van der Waals surface area (Å²) in [5.74, 6) is 0. The third-order valence-corrected chi connectivity index (χ3v) is 4.76. The van der Waals surface area contributed by atoms with Crippen LogP contribution < -0.4 is 0 Å². The summed E-state index contributed by atoms with van der Waals surface area (Å²) in [5, 5.41) is -0.429. The van der Waals surface area contributed by atoms with Crippen molar-refractivity contribution in [1.82, 2.24) is 0 Å². The van der Waals surface area contributed by atoms with Gasteiger partial charge in [-0.25, -0.2) is 0 Å². The standard InChI is InChI=1S/C18H23ClO/c1-12-10-14-15(11-13(12)6-7-16(19)20)18(4,5)9-8-17(14,2)3/h6-7,10-11H,8-9H2,1-5H3. The fourth-order valence-corrected chi connectivity index (χ4v) is 3.14. The molecule has 0 aliphatic heterocycles. The molecule has 0 saturated carbocycles. The predicted octanol–water partition coefficient (Wildman–Crippen LogP) is 5.12. The molecule has 108 valence electrons. The molecule has 1 aliphatic carbocycles. The first kappa shape index (κ1) is 15.3. The molecule has 0 aromatic heterocycles. The molecule has 20 heavy (non-hydrogen) atoms. The van der Waals surface area contributed by atoms with Crippen LogP contribution in [0.25, 0.3) is 6.08 Å². The first-order chi connectivity index (χ1) is 9.13. The van der Waals surface area contributed by atoms with Crippen LogP contribution in [-0.4, -0.2) is 5.24 Å². The quantitative estimate of drug-likeness (QED) is 0.545. The number of aryl methyl sites for hydroxylation is 1. The summed E-state index contributed by atoms with van der Waals surface area (Å²) in [6.45, 7) is 11.3. The maximum atomic E-state index is 10.9. The lowest BCUT2D eigenvalue weighted by atomic mass is 9.62. The van der Waals surface area contributed by atoms with E-state index >= 15 is 0 Å². The topological polar surface area (TPSA) is 17.1 Å². The Kier molecular flexibility index (Phi) is 3.85. The largest absolute Gasteiger partial charge is 0.276 e. The van der Waals surface area contributed by atoms with Crippen LogP contribution in [0.2, 0.25) is 0 Å². The first-order valence-electron chi connectivity index (χ1n) is 7.17. The van der Waals surface area contributed by atoms with Gasteiger partial charge in [0.25, 0.3) is 0 Å². The van der Waals surface area contributed by atoms with Crippen molar-refractivity contribution in [2.24, 2.45) is 0 Å². The highest BCUT2D eigenvalue weighted by molar-refractivity contribution is 6.66. The van der Waals surface area contributed by atoms with E-state index in [1.165, 1.54) is 35.6 Å². The van der Waals surface area contributed by atoms with E-state index in [1.54, 1.807) is 0 Å². The van der Waals surface area contributed by atoms with Crippen molar-refractivity contribution < 1.29 is 4.79 Å². The minimum Gasteiger partial charge on any atom is -0.276 e. The molecule has 1 aliphatic rings. The van der Waals surface area contributed by atoms with Gasteiger partial charge in [-0.15, -0.1) is 0 Å². The second-order valence-corrected chi connectivity index (χ2v) is 7.53. The van der Waals surface area contributed by atoms with Crippen LogP contribution in [-0.2, 0) is 15.6 Å². The van der Waals surface area contributed by atoms with Crippen LogP contribution >= 0.6 is 11.6 Å². The Morgan fingerprint density at radius 2 is 1.60 bits per heavy atom. The average molecular weight is 291 g/mol. The maximum absolute atomic E-state index is 10.9. The van der Waals surface area contributed by atoms with E-state index in [9.17, 15) is 4.79 Å². The molecule has 0 heterocycles. The molecule has 2 heteroatoms. The van der Waals surface area contributed by atoms with Gasteiger partial charge < -0.3 is 0 Å². The molecule has 0 atom stereocenters. The van der Waals surface area contributed by atoms with Gasteiger partial charge in [0.1, 0.15) is 0 Å². The first-order valence-corrected chi connectivity index (χ1v) is 7.54. The van der Waals surface area contributed by atoms with Crippen molar-refractivity contribution in [3.63, 3.8) is 0 Å². The van der Waals surface area contributed by atoms with Gasteiger partial charge in [-0.3, -0.25) is 4.79 Å². The number of fused-ring (bicyclic) bond motifs is 1. The van der Waals surface area contributed by atoms with Crippen LogP contribution in [0.15, 0.2) is 18.2 Å². The summed E-state index contributed by atoms with van der Waals surface area (Å²) in [5.41, 5.74) is 5.54. The lowest BCUT2D eigenvalue weighted by molar-refractivity contribution is -0.107. The van der Waals surface area contributed by atoms with E-state index in [4.69, 9.17) is 11.6 Å². The van der Waals surface area contributed by atoms with Gasteiger partial charge >= 0.3 is 0 Å². The molecular weight excluding hydrogens is 268 g/mol. The van der Waals surface area contributed by atoms with Crippen molar-refractivity contribution in [2.45, 2.75) is 58.3 Å². The Bertz CT molecular complexity index is 579. The van der Waals surface area contributed by atoms with Crippen LogP contribution in [0.1, 0.15) is 62.8 Å². The summed E-state index contributed by atoms with van der Waals surface area (Å²) in [7, 11) is 0. The number of halogens is 1. The van der Waals surface area contributed by atoms with E-state index in [2.05, 4.69) is 46.8 Å². The smallest absolute Gasteiger partial charge is 0.245 e. The molecule has 0 unspecified atom stereocenters. The lowest BCUT2D eigenvalue weighted by Crippen LogP contribution is -2.34. The van der Waals surface area contributed by atoms with Gasteiger partial charge in [0, 0.05) is 0 Å². The van der Waals surface area contributed by atoms with Gasteiger partial charge in [0.2, 0.25) is 5.24 Å². The third-order valence-electron chi connectivity index (χ3n) is 4.63. The Labute approximate surface area is 127 Å². The molecule has 0 saturated heterocycles. The van der Waals surface area contributed by atoms with E-state index in [1.807, 2.05) is 6.08 Å². The number of hydrogen-bond acceptors (Lipinski definition) is 1. The van der Waals surface area contributed by atoms with Gasteiger partial charge in [-0.05, 0) is 76.6 Å². The second-order valence-electron chi connectivity index (χ2n) is 7.16. The number of hydrogen-bond donors (Lipinski definition) is 0. The summed E-state index contributed by atoms with van der Waals surface area (Å²) < 4.78 is 0. The Hall–Kier alpha value is -1.08. The van der Waals surface area contributed by atoms with Gasteiger partial charge in [0.05, 0.1) is 0 Å². The molecule has 1 aromatic carbocycles. The van der Waals surface area contributed by atoms with Crippen molar-refractivity contribution in [3.8, 4) is 0 Å². The highest BCUT2D eigenvalue weighted by Gasteiger charge is 2.37. The fourth-order valence-electron chi connectivity index (χ4n) is 3.07. The fraction of sp³-hybridized carbons (Fsp3) is 0.500. The zero-order valence-electron chi connectivity index (χ0n) is 13.0. The highest BCUT2D eigenvalue weighted by Crippen LogP contribution is 2.46. The van der Waals surface area contributed by atoms with Crippen molar-refractivity contribution in [2.75, 3.05) is 0 Å². The van der Waals surface area contributed by atoms with Crippen LogP contribution in [0, 0.1) is 6.92 Å². The molecular formula is C18H23ClO. The molecule has 1 aromatic rings. The molecule has 2 rings (SSSR count). The van der Waals surface area contributed by atoms with Crippen molar-refractivity contribution in [3.05, 3.63) is 40.5 Å². The zero-order chi connectivity index (χ0) is 15.1. The summed E-state index contributed by atoms with van der Waals surface area (Å²) in [6, 6.07) is 4.52. The molecule has 0 spiro atoms. The monoisotopic (exact) mass is 290 g/mol. The minimum atomic E-state index is -0.429. The molecule has 0 fully saturated rings. The normalized spacial score (nSPS) is 19.9. The summed E-state index contributed by atoms with van der Waals surface area (Å²) in [6.07, 6.45) is 5.65. The third kappa shape index (κ3) is 2.83. The van der Waals surface area contributed by atoms with Crippen molar-refractivity contribution in [1.29, 1.82) is 0 Å². The van der Waals surface area contributed by atoms with E-state index in [0.29, 0.717) is 0 Å². The highest BCUT2D eigenvalue weighted by atomic mass is 35.5. The van der Waals surface area contributed by atoms with Crippen LogP contribution in [0.5, 0.6) is 0 Å². The molecule has 0 bridgehead atoms. The summed E-state index contributed by atoms with van der Waals surface area (Å²) >= 11 is 5.40. The molecule has 1 nitrogen and oxygen atoms in total. The van der Waals surface area contributed by atoms with E-state index in [-0.39, 0.29) is 10.8 Å². The number of carbonyl (C=O) groups is 1. The van der Waals surface area contributed by atoms with Crippen molar-refractivity contribution >= 4 is 22.9 Å². The number of carbonyl (C=O) groups excluding carboxylic acids is 1. The predicted molar refractivity (Wildman–Crippen MR) is 86.4 cm³/mol. The number of rotatable bonds is 2. The Balaban J connectivity index is 2.60. The van der Waals surface area contributed by atoms with Gasteiger partial charge in [-0.1, -0.05) is 39.8 Å². The van der Waals surface area contributed by atoms with Crippen LogP contribution in [0.4, 0.5) is 0 Å². The zero-order valence-corrected chi connectivity index (χ0v) is 13.8. The maximum Gasteiger partial charge on any atom is 0.245 e. The Morgan fingerprint density at radius 1 is 1.10 bits per heavy atom. The molecule has 0 amide bonds. The van der Waals surface area contributed by atoms with Gasteiger partial charge in [0.15, 0.2) is 0 Å².